The van der Waals surface area contributed by atoms with Crippen LogP contribution in [-0.4, -0.2) is 12.1 Å². The van der Waals surface area contributed by atoms with Crippen LogP contribution in [0, 0.1) is 0 Å². The maximum atomic E-state index is 5.90. The number of benzene rings is 1. The van der Waals surface area contributed by atoms with Gasteiger partial charge in [0.05, 0.1) is 6.10 Å². The van der Waals surface area contributed by atoms with Crippen molar-refractivity contribution in [3.8, 4) is 5.75 Å². The fraction of sp³-hybridized carbons (Fsp3) is 0.571. The molecule has 0 aliphatic heterocycles. The summed E-state index contributed by atoms with van der Waals surface area (Å²) in [5, 5.41) is 0. The largest absolute Gasteiger partial charge is 0.490 e. The molecule has 0 spiro atoms. The molecule has 2 N–H and O–H groups in total. The van der Waals surface area contributed by atoms with Crippen LogP contribution < -0.4 is 10.5 Å². The first kappa shape index (κ1) is 11.5. The van der Waals surface area contributed by atoms with Gasteiger partial charge in [0.1, 0.15) is 5.75 Å². The number of hydrogen-bond donors (Lipinski definition) is 1. The lowest BCUT2D eigenvalue weighted by atomic mass is 10.1. The molecule has 1 aromatic carbocycles. The molecule has 2 nitrogen and oxygen atoms in total. The predicted molar refractivity (Wildman–Crippen MR) is 66.7 cm³/mol. The molecule has 0 heterocycles. The van der Waals surface area contributed by atoms with E-state index in [1.807, 2.05) is 6.92 Å². The van der Waals surface area contributed by atoms with Crippen LogP contribution in [0.4, 0.5) is 0 Å². The van der Waals surface area contributed by atoms with Crippen LogP contribution >= 0.6 is 0 Å². The zero-order valence-corrected chi connectivity index (χ0v) is 9.99. The van der Waals surface area contributed by atoms with E-state index in [4.69, 9.17) is 10.5 Å². The molecule has 0 saturated heterocycles. The number of rotatable bonds is 4. The van der Waals surface area contributed by atoms with Crippen molar-refractivity contribution in [1.29, 1.82) is 0 Å². The van der Waals surface area contributed by atoms with Crippen LogP contribution in [0.15, 0.2) is 24.3 Å². The average Bonchev–Trinajstić information content (AvgIpc) is 2.73. The quantitative estimate of drug-likeness (QED) is 0.845. The van der Waals surface area contributed by atoms with Crippen LogP contribution in [-0.2, 0) is 6.42 Å². The van der Waals surface area contributed by atoms with E-state index in [1.54, 1.807) is 0 Å². The van der Waals surface area contributed by atoms with Gasteiger partial charge < -0.3 is 10.5 Å². The van der Waals surface area contributed by atoms with E-state index >= 15 is 0 Å². The van der Waals surface area contributed by atoms with Gasteiger partial charge in [-0.2, -0.15) is 0 Å². The summed E-state index contributed by atoms with van der Waals surface area (Å²) < 4.78 is 5.90. The minimum absolute atomic E-state index is 0.224. The smallest absolute Gasteiger partial charge is 0.119 e. The Morgan fingerprint density at radius 3 is 2.44 bits per heavy atom. The first-order chi connectivity index (χ1) is 7.74. The van der Waals surface area contributed by atoms with E-state index in [-0.39, 0.29) is 6.04 Å². The molecule has 1 unspecified atom stereocenters. The molecule has 1 atom stereocenters. The molecule has 1 saturated carbocycles. The van der Waals surface area contributed by atoms with Gasteiger partial charge in [0.15, 0.2) is 0 Å². The summed E-state index contributed by atoms with van der Waals surface area (Å²) >= 11 is 0. The lowest BCUT2D eigenvalue weighted by Crippen LogP contribution is -2.17. The second-order valence-corrected chi connectivity index (χ2v) is 4.85. The normalized spacial score (nSPS) is 18.6. The first-order valence-corrected chi connectivity index (χ1v) is 6.25. The summed E-state index contributed by atoms with van der Waals surface area (Å²) in [7, 11) is 0. The molecular formula is C14H21NO. The molecule has 2 rings (SSSR count). The maximum Gasteiger partial charge on any atom is 0.119 e. The average molecular weight is 219 g/mol. The van der Waals surface area contributed by atoms with Gasteiger partial charge >= 0.3 is 0 Å². The minimum atomic E-state index is 0.224. The molecule has 2 heteroatoms. The van der Waals surface area contributed by atoms with Crippen molar-refractivity contribution in [3.05, 3.63) is 29.8 Å². The van der Waals surface area contributed by atoms with Gasteiger partial charge in [-0.1, -0.05) is 12.1 Å². The standard InChI is InChI=1S/C14H21NO/c1-11(15)10-12-6-8-14(9-7-12)16-13-4-2-3-5-13/h6-9,11,13H,2-5,10,15H2,1H3. The van der Waals surface area contributed by atoms with Crippen molar-refractivity contribution in [2.24, 2.45) is 5.73 Å². The Bertz CT molecular complexity index is 312. The molecule has 0 amide bonds. The number of ether oxygens (including phenoxy) is 1. The van der Waals surface area contributed by atoms with Crippen molar-refractivity contribution in [2.45, 2.75) is 51.2 Å². The summed E-state index contributed by atoms with van der Waals surface area (Å²) in [4.78, 5) is 0. The number of nitrogens with two attached hydrogens (primary N) is 1. The Balaban J connectivity index is 1.90. The highest BCUT2D eigenvalue weighted by atomic mass is 16.5. The van der Waals surface area contributed by atoms with Gasteiger partial charge in [-0.05, 0) is 56.7 Å². The predicted octanol–water partition coefficient (Wildman–Crippen LogP) is 2.90. The lowest BCUT2D eigenvalue weighted by molar-refractivity contribution is 0.210. The summed E-state index contributed by atoms with van der Waals surface area (Å²) in [6.45, 7) is 2.03. The topological polar surface area (TPSA) is 35.2 Å². The van der Waals surface area contributed by atoms with Gasteiger partial charge in [-0.3, -0.25) is 0 Å². The minimum Gasteiger partial charge on any atom is -0.490 e. The molecule has 16 heavy (non-hydrogen) atoms. The van der Waals surface area contributed by atoms with Gasteiger partial charge in [-0.15, -0.1) is 0 Å². The third-order valence-corrected chi connectivity index (χ3v) is 3.09. The highest BCUT2D eigenvalue weighted by molar-refractivity contribution is 5.28. The monoisotopic (exact) mass is 219 g/mol. The lowest BCUT2D eigenvalue weighted by Gasteiger charge is -2.13. The van der Waals surface area contributed by atoms with Crippen molar-refractivity contribution >= 4 is 0 Å². The third-order valence-electron chi connectivity index (χ3n) is 3.09. The second-order valence-electron chi connectivity index (χ2n) is 4.85. The van der Waals surface area contributed by atoms with Crippen LogP contribution in [0.5, 0.6) is 5.75 Å². The van der Waals surface area contributed by atoms with Crippen LogP contribution in [0.25, 0.3) is 0 Å². The molecular weight excluding hydrogens is 198 g/mol. The molecule has 1 aliphatic rings. The summed E-state index contributed by atoms with van der Waals surface area (Å²) in [5.74, 6) is 1.00. The van der Waals surface area contributed by atoms with Crippen LogP contribution in [0.3, 0.4) is 0 Å². The van der Waals surface area contributed by atoms with Crippen molar-refractivity contribution in [3.63, 3.8) is 0 Å². The number of hydrogen-bond acceptors (Lipinski definition) is 2. The van der Waals surface area contributed by atoms with E-state index in [1.165, 1.54) is 31.2 Å². The second kappa shape index (κ2) is 5.35. The Labute approximate surface area is 97.8 Å². The Kier molecular flexibility index (Phi) is 3.83. The van der Waals surface area contributed by atoms with Crippen molar-refractivity contribution < 1.29 is 4.74 Å². The first-order valence-electron chi connectivity index (χ1n) is 6.25. The van der Waals surface area contributed by atoms with Crippen LogP contribution in [0.2, 0.25) is 0 Å². The Hall–Kier alpha value is -1.02. The van der Waals surface area contributed by atoms with E-state index in [0.717, 1.165) is 12.2 Å². The van der Waals surface area contributed by atoms with Gasteiger partial charge in [-0.25, -0.2) is 0 Å². The molecule has 0 bridgehead atoms. The fourth-order valence-electron chi connectivity index (χ4n) is 2.27. The highest BCUT2D eigenvalue weighted by Crippen LogP contribution is 2.24. The molecule has 1 aromatic rings. The van der Waals surface area contributed by atoms with E-state index < -0.39 is 0 Å². The SMILES string of the molecule is CC(N)Cc1ccc(OC2CCCC2)cc1. The van der Waals surface area contributed by atoms with E-state index in [0.29, 0.717) is 6.10 Å². The van der Waals surface area contributed by atoms with E-state index in [9.17, 15) is 0 Å². The fourth-order valence-corrected chi connectivity index (χ4v) is 2.27. The summed E-state index contributed by atoms with van der Waals surface area (Å²) in [5.41, 5.74) is 7.05. The maximum absolute atomic E-state index is 5.90. The van der Waals surface area contributed by atoms with Gasteiger partial charge in [0.2, 0.25) is 0 Å². The van der Waals surface area contributed by atoms with Crippen molar-refractivity contribution in [2.75, 3.05) is 0 Å². The van der Waals surface area contributed by atoms with Crippen LogP contribution in [0.1, 0.15) is 38.2 Å². The van der Waals surface area contributed by atoms with Gasteiger partial charge in [0.25, 0.3) is 0 Å². The molecule has 1 fully saturated rings. The highest BCUT2D eigenvalue weighted by Gasteiger charge is 2.16. The van der Waals surface area contributed by atoms with Gasteiger partial charge in [0, 0.05) is 6.04 Å². The summed E-state index contributed by atoms with van der Waals surface area (Å²) in [6.07, 6.45) is 6.42. The Morgan fingerprint density at radius 1 is 1.25 bits per heavy atom. The molecule has 88 valence electrons. The zero-order valence-electron chi connectivity index (χ0n) is 9.99. The zero-order chi connectivity index (χ0) is 11.4. The summed E-state index contributed by atoms with van der Waals surface area (Å²) in [6, 6.07) is 8.59. The molecule has 0 aromatic heterocycles. The molecule has 1 aliphatic carbocycles. The molecule has 0 radical (unpaired) electrons. The van der Waals surface area contributed by atoms with E-state index in [2.05, 4.69) is 24.3 Å². The third kappa shape index (κ3) is 3.24. The Morgan fingerprint density at radius 2 is 1.88 bits per heavy atom. The van der Waals surface area contributed by atoms with Crippen molar-refractivity contribution in [1.82, 2.24) is 0 Å².